The van der Waals surface area contributed by atoms with Crippen LogP contribution in [0.2, 0.25) is 5.15 Å². The molecule has 0 aliphatic carbocycles. The zero-order chi connectivity index (χ0) is 19.0. The van der Waals surface area contributed by atoms with Crippen LogP contribution >= 0.6 is 27.5 Å². The van der Waals surface area contributed by atoms with Crippen LogP contribution in [0.3, 0.4) is 0 Å². The summed E-state index contributed by atoms with van der Waals surface area (Å²) < 4.78 is 0.974. The highest BCUT2D eigenvalue weighted by Gasteiger charge is 2.10. The van der Waals surface area contributed by atoms with Crippen LogP contribution in [-0.4, -0.2) is 15.0 Å². The molecule has 0 saturated carbocycles. The van der Waals surface area contributed by atoms with Gasteiger partial charge in [-0.25, -0.2) is 9.97 Å². The van der Waals surface area contributed by atoms with Crippen molar-refractivity contribution in [3.05, 3.63) is 69.9 Å². The maximum Gasteiger partial charge on any atom is 0.222 e. The van der Waals surface area contributed by atoms with Gasteiger partial charge >= 0.3 is 0 Å². The highest BCUT2D eigenvalue weighted by Crippen LogP contribution is 2.31. The van der Waals surface area contributed by atoms with Crippen molar-refractivity contribution in [3.8, 4) is 11.1 Å². The molecule has 5 nitrogen and oxygen atoms in total. The number of nitrogens with two attached hydrogens (primary N) is 1. The van der Waals surface area contributed by atoms with E-state index < -0.39 is 0 Å². The molecule has 7 heteroatoms. The Morgan fingerprint density at radius 1 is 1.04 bits per heavy atom. The monoisotopic (exact) mass is 439 g/mol. The van der Waals surface area contributed by atoms with E-state index in [4.69, 9.17) is 17.3 Å². The van der Waals surface area contributed by atoms with E-state index >= 15 is 0 Å². The molecule has 2 heterocycles. The lowest BCUT2D eigenvalue weighted by molar-refractivity contribution is 1.23. The van der Waals surface area contributed by atoms with E-state index in [1.165, 1.54) is 0 Å². The number of nitrogen functional groups attached to an aromatic ring is 1. The second-order valence-electron chi connectivity index (χ2n) is 6.13. The van der Waals surface area contributed by atoms with Crippen molar-refractivity contribution in [1.29, 1.82) is 0 Å². The molecule has 0 aliphatic heterocycles. The van der Waals surface area contributed by atoms with Gasteiger partial charge < -0.3 is 11.1 Å². The number of aryl methyl sites for hydroxylation is 1. The van der Waals surface area contributed by atoms with Gasteiger partial charge in [-0.05, 0) is 54.4 Å². The SMILES string of the molecule is Cc1cc(-c2ccc3nc(N)nc(Nc4cccc(Br)c4)c3c2)cnc1Cl. The molecule has 0 saturated heterocycles. The van der Waals surface area contributed by atoms with E-state index in [9.17, 15) is 0 Å². The van der Waals surface area contributed by atoms with Gasteiger partial charge in [-0.2, -0.15) is 4.98 Å². The fourth-order valence-corrected chi connectivity index (χ4v) is 3.34. The van der Waals surface area contributed by atoms with Gasteiger partial charge in [-0.3, -0.25) is 0 Å². The fraction of sp³-hybridized carbons (Fsp3) is 0.0500. The zero-order valence-corrected chi connectivity index (χ0v) is 16.7. The maximum atomic E-state index is 6.05. The summed E-state index contributed by atoms with van der Waals surface area (Å²) in [4.78, 5) is 13.0. The lowest BCUT2D eigenvalue weighted by Gasteiger charge is -2.11. The van der Waals surface area contributed by atoms with E-state index in [1.807, 2.05) is 55.5 Å². The Hall–Kier alpha value is -2.70. The Morgan fingerprint density at radius 2 is 1.89 bits per heavy atom. The molecule has 0 unspecified atom stereocenters. The van der Waals surface area contributed by atoms with Gasteiger partial charge in [0.25, 0.3) is 0 Å². The van der Waals surface area contributed by atoms with E-state index in [-0.39, 0.29) is 5.95 Å². The van der Waals surface area contributed by atoms with Gasteiger partial charge in [-0.15, -0.1) is 0 Å². The van der Waals surface area contributed by atoms with Crippen molar-refractivity contribution in [2.24, 2.45) is 0 Å². The fourth-order valence-electron chi connectivity index (χ4n) is 2.84. The molecule has 2 aromatic heterocycles. The van der Waals surface area contributed by atoms with E-state index in [0.29, 0.717) is 11.0 Å². The Labute approximate surface area is 169 Å². The first kappa shape index (κ1) is 17.7. The maximum absolute atomic E-state index is 6.05. The van der Waals surface area contributed by atoms with Crippen LogP contribution in [0.15, 0.2) is 59.2 Å². The average Bonchev–Trinajstić information content (AvgIpc) is 2.64. The third kappa shape index (κ3) is 3.72. The summed E-state index contributed by atoms with van der Waals surface area (Å²) in [6.07, 6.45) is 1.76. The highest BCUT2D eigenvalue weighted by molar-refractivity contribution is 9.10. The number of rotatable bonds is 3. The van der Waals surface area contributed by atoms with E-state index in [1.54, 1.807) is 6.20 Å². The molecule has 0 fully saturated rings. The molecule has 0 radical (unpaired) electrons. The van der Waals surface area contributed by atoms with E-state index in [2.05, 4.69) is 36.2 Å². The van der Waals surface area contributed by atoms with Crippen molar-refractivity contribution in [2.45, 2.75) is 6.92 Å². The van der Waals surface area contributed by atoms with Crippen LogP contribution in [-0.2, 0) is 0 Å². The third-order valence-electron chi connectivity index (χ3n) is 4.15. The van der Waals surface area contributed by atoms with Crippen LogP contribution in [0.5, 0.6) is 0 Å². The number of anilines is 3. The molecular weight excluding hydrogens is 426 g/mol. The van der Waals surface area contributed by atoms with Crippen LogP contribution in [0, 0.1) is 6.92 Å². The number of nitrogens with one attached hydrogen (secondary N) is 1. The lowest BCUT2D eigenvalue weighted by Crippen LogP contribution is -2.01. The number of nitrogens with zero attached hydrogens (tertiary/aromatic N) is 3. The molecule has 0 amide bonds. The molecule has 0 spiro atoms. The quantitative estimate of drug-likeness (QED) is 0.397. The summed E-state index contributed by atoms with van der Waals surface area (Å²) in [5.74, 6) is 0.868. The van der Waals surface area contributed by atoms with E-state index in [0.717, 1.165) is 37.8 Å². The number of pyridine rings is 1. The van der Waals surface area contributed by atoms with Crippen molar-refractivity contribution < 1.29 is 0 Å². The average molecular weight is 441 g/mol. The molecule has 2 aromatic carbocycles. The molecular formula is C20H15BrClN5. The number of hydrogen-bond acceptors (Lipinski definition) is 5. The summed E-state index contributed by atoms with van der Waals surface area (Å²) in [5, 5.41) is 4.71. The number of fused-ring (bicyclic) bond motifs is 1. The van der Waals surface area contributed by atoms with Gasteiger partial charge in [0.2, 0.25) is 5.95 Å². The van der Waals surface area contributed by atoms with Gasteiger partial charge in [-0.1, -0.05) is 39.7 Å². The molecule has 4 aromatic rings. The zero-order valence-electron chi connectivity index (χ0n) is 14.4. The smallest absolute Gasteiger partial charge is 0.222 e. The standard InChI is InChI=1S/C20H15BrClN5/c1-11-7-13(10-24-18(11)22)12-5-6-17-16(8-12)19(27-20(23)26-17)25-15-4-2-3-14(21)9-15/h2-10H,1H3,(H3,23,25,26,27). The van der Waals surface area contributed by atoms with Gasteiger partial charge in [0.15, 0.2) is 0 Å². The Bertz CT molecular complexity index is 1160. The summed E-state index contributed by atoms with van der Waals surface area (Å²) in [6.45, 7) is 1.93. The first-order valence-corrected chi connectivity index (χ1v) is 9.39. The molecule has 0 bridgehead atoms. The van der Waals surface area contributed by atoms with Crippen LogP contribution in [0.1, 0.15) is 5.56 Å². The summed E-state index contributed by atoms with van der Waals surface area (Å²) in [7, 11) is 0. The Balaban J connectivity index is 1.84. The van der Waals surface area contributed by atoms with Gasteiger partial charge in [0.05, 0.1) is 5.52 Å². The summed E-state index contributed by atoms with van der Waals surface area (Å²) >= 11 is 9.53. The van der Waals surface area contributed by atoms with Crippen molar-refractivity contribution in [1.82, 2.24) is 15.0 Å². The van der Waals surface area contributed by atoms with Crippen LogP contribution in [0.25, 0.3) is 22.0 Å². The number of aromatic nitrogens is 3. The van der Waals surface area contributed by atoms with Gasteiger partial charge in [0, 0.05) is 27.3 Å². The number of hydrogen-bond donors (Lipinski definition) is 2. The normalized spacial score (nSPS) is 10.9. The predicted octanol–water partition coefficient (Wildman–Crippen LogP) is 5.74. The van der Waals surface area contributed by atoms with Crippen molar-refractivity contribution >= 4 is 55.9 Å². The summed E-state index contributed by atoms with van der Waals surface area (Å²) in [5.41, 5.74) is 10.5. The lowest BCUT2D eigenvalue weighted by atomic mass is 10.0. The first-order valence-electron chi connectivity index (χ1n) is 8.22. The van der Waals surface area contributed by atoms with Crippen molar-refractivity contribution in [2.75, 3.05) is 11.1 Å². The number of benzene rings is 2. The molecule has 0 aliphatic rings. The third-order valence-corrected chi connectivity index (χ3v) is 5.04. The predicted molar refractivity (Wildman–Crippen MR) is 114 cm³/mol. The Kier molecular flexibility index (Phi) is 4.68. The van der Waals surface area contributed by atoms with Gasteiger partial charge in [0.1, 0.15) is 11.0 Å². The second-order valence-corrected chi connectivity index (χ2v) is 7.40. The topological polar surface area (TPSA) is 76.7 Å². The number of halogens is 2. The summed E-state index contributed by atoms with van der Waals surface area (Å²) in [6, 6.07) is 15.8. The minimum atomic E-state index is 0.219. The minimum Gasteiger partial charge on any atom is -0.368 e. The van der Waals surface area contributed by atoms with Crippen molar-refractivity contribution in [3.63, 3.8) is 0 Å². The molecule has 3 N–H and O–H groups in total. The van der Waals surface area contributed by atoms with Crippen LogP contribution < -0.4 is 11.1 Å². The largest absolute Gasteiger partial charge is 0.368 e. The molecule has 4 rings (SSSR count). The molecule has 27 heavy (non-hydrogen) atoms. The Morgan fingerprint density at radius 3 is 2.67 bits per heavy atom. The molecule has 0 atom stereocenters. The second kappa shape index (κ2) is 7.13. The minimum absolute atomic E-state index is 0.219. The first-order chi connectivity index (χ1) is 13.0. The molecule has 134 valence electrons. The highest BCUT2D eigenvalue weighted by atomic mass is 79.9. The van der Waals surface area contributed by atoms with Crippen LogP contribution in [0.4, 0.5) is 17.5 Å².